The highest BCUT2D eigenvalue weighted by Crippen LogP contribution is 2.27. The van der Waals surface area contributed by atoms with Crippen molar-refractivity contribution in [1.82, 2.24) is 0 Å². The van der Waals surface area contributed by atoms with Crippen LogP contribution in [0.25, 0.3) is 0 Å². The molecule has 0 aliphatic heterocycles. The molecule has 0 aromatic heterocycles. The van der Waals surface area contributed by atoms with E-state index in [2.05, 4.69) is 27.8 Å². The number of nitrogens with zero attached hydrogens (tertiary/aromatic N) is 1. The molecule has 124 valence electrons. The highest BCUT2D eigenvalue weighted by atomic mass is 79.9. The van der Waals surface area contributed by atoms with Gasteiger partial charge in [-0.05, 0) is 40.0 Å². The van der Waals surface area contributed by atoms with E-state index in [4.69, 9.17) is 4.74 Å². The fraction of sp³-hybridized carbons (Fsp3) is 0.118. The molecule has 7 heteroatoms. The molecule has 2 aromatic carbocycles. The van der Waals surface area contributed by atoms with Crippen LogP contribution in [-0.4, -0.2) is 17.4 Å². The quantitative estimate of drug-likeness (QED) is 0.438. The molecule has 0 unspecified atom stereocenters. The molecule has 0 fully saturated rings. The highest BCUT2D eigenvalue weighted by Gasteiger charge is 2.12. The number of allylic oxidation sites excluding steroid dienone is 1. The minimum Gasteiger partial charge on any atom is -0.483 e. The molecule has 1 amide bonds. The highest BCUT2D eigenvalue weighted by molar-refractivity contribution is 9.10. The third-order valence-electron chi connectivity index (χ3n) is 3.13. The predicted molar refractivity (Wildman–Crippen MR) is 95.3 cm³/mol. The van der Waals surface area contributed by atoms with Crippen LogP contribution in [0.4, 0.5) is 11.4 Å². The number of carbonyl (C=O) groups is 1. The number of amides is 1. The molecular formula is C17H15BrN2O4. The van der Waals surface area contributed by atoms with E-state index in [0.29, 0.717) is 22.3 Å². The minimum atomic E-state index is -0.504. The Hall–Kier alpha value is -2.67. The number of hydrogen-bond acceptors (Lipinski definition) is 4. The Kier molecular flexibility index (Phi) is 6.08. The number of rotatable bonds is 7. The van der Waals surface area contributed by atoms with Crippen LogP contribution < -0.4 is 10.1 Å². The summed E-state index contributed by atoms with van der Waals surface area (Å²) in [5, 5.41) is 13.3. The molecule has 2 rings (SSSR count). The van der Waals surface area contributed by atoms with Crippen molar-refractivity contribution in [3.05, 3.63) is 75.3 Å². The van der Waals surface area contributed by atoms with E-state index in [1.54, 1.807) is 12.1 Å². The smallest absolute Gasteiger partial charge is 0.270 e. The van der Waals surface area contributed by atoms with Gasteiger partial charge in [-0.2, -0.15) is 0 Å². The predicted octanol–water partition coefficient (Wildman–Crippen LogP) is 4.10. The summed E-state index contributed by atoms with van der Waals surface area (Å²) in [6.45, 7) is 3.52. The molecule has 0 aliphatic rings. The van der Waals surface area contributed by atoms with Crippen molar-refractivity contribution in [3.63, 3.8) is 0 Å². The lowest BCUT2D eigenvalue weighted by molar-refractivity contribution is -0.384. The van der Waals surface area contributed by atoms with E-state index in [9.17, 15) is 14.9 Å². The van der Waals surface area contributed by atoms with E-state index >= 15 is 0 Å². The van der Waals surface area contributed by atoms with Gasteiger partial charge >= 0.3 is 0 Å². The summed E-state index contributed by atoms with van der Waals surface area (Å²) in [6.07, 6.45) is 2.40. The molecule has 0 bridgehead atoms. The van der Waals surface area contributed by atoms with Gasteiger partial charge in [-0.1, -0.05) is 24.3 Å². The van der Waals surface area contributed by atoms with Gasteiger partial charge < -0.3 is 10.1 Å². The molecule has 0 spiro atoms. The largest absolute Gasteiger partial charge is 0.483 e. The number of halogens is 1. The van der Waals surface area contributed by atoms with Crippen molar-refractivity contribution in [1.29, 1.82) is 0 Å². The maximum Gasteiger partial charge on any atom is 0.270 e. The maximum absolute atomic E-state index is 12.0. The molecule has 0 heterocycles. The summed E-state index contributed by atoms with van der Waals surface area (Å²) in [4.78, 5) is 22.2. The van der Waals surface area contributed by atoms with Crippen molar-refractivity contribution in [2.75, 3.05) is 11.9 Å². The lowest BCUT2D eigenvalue weighted by Crippen LogP contribution is -2.20. The van der Waals surface area contributed by atoms with Crippen LogP contribution in [0.5, 0.6) is 5.75 Å². The van der Waals surface area contributed by atoms with Gasteiger partial charge in [-0.25, -0.2) is 0 Å². The van der Waals surface area contributed by atoms with Crippen LogP contribution in [0.15, 0.2) is 59.6 Å². The Balaban J connectivity index is 1.99. The molecule has 6 nitrogen and oxygen atoms in total. The zero-order valence-corrected chi connectivity index (χ0v) is 14.3. The lowest BCUT2D eigenvalue weighted by atomic mass is 10.1. The minimum absolute atomic E-state index is 0.0607. The average molecular weight is 391 g/mol. The maximum atomic E-state index is 12.0. The van der Waals surface area contributed by atoms with Crippen molar-refractivity contribution in [2.24, 2.45) is 0 Å². The standard InChI is InChI=1S/C17H15BrN2O4/c1-2-5-12-6-3-4-7-16(12)24-11-17(21)19-15-9-8-13(20(22)23)10-14(15)18/h2-4,6-10H,1,5,11H2,(H,19,21). The molecule has 0 atom stereocenters. The number of hydrogen-bond donors (Lipinski definition) is 1. The van der Waals surface area contributed by atoms with Crippen molar-refractivity contribution < 1.29 is 14.5 Å². The molecule has 1 N–H and O–H groups in total. The van der Waals surface area contributed by atoms with Crippen LogP contribution in [0, 0.1) is 10.1 Å². The normalized spacial score (nSPS) is 10.0. The van der Waals surface area contributed by atoms with Crippen LogP contribution in [-0.2, 0) is 11.2 Å². The Morgan fingerprint density at radius 1 is 1.33 bits per heavy atom. The monoisotopic (exact) mass is 390 g/mol. The first-order valence-electron chi connectivity index (χ1n) is 7.06. The van der Waals surface area contributed by atoms with Crippen LogP contribution in [0.3, 0.4) is 0 Å². The summed E-state index contributed by atoms with van der Waals surface area (Å²) in [7, 11) is 0. The number of benzene rings is 2. The summed E-state index contributed by atoms with van der Waals surface area (Å²) >= 11 is 3.20. The Labute approximate surface area is 147 Å². The Bertz CT molecular complexity index is 777. The van der Waals surface area contributed by atoms with Gasteiger partial charge in [0.2, 0.25) is 0 Å². The van der Waals surface area contributed by atoms with Gasteiger partial charge in [-0.15, -0.1) is 6.58 Å². The second kappa shape index (κ2) is 8.26. The first kappa shape index (κ1) is 17.7. The van der Waals surface area contributed by atoms with Crippen molar-refractivity contribution in [3.8, 4) is 5.75 Å². The summed E-state index contributed by atoms with van der Waals surface area (Å²) in [5.41, 5.74) is 1.32. The molecule has 0 radical (unpaired) electrons. The van der Waals surface area contributed by atoms with E-state index in [1.165, 1.54) is 18.2 Å². The number of para-hydroxylation sites is 1. The Morgan fingerprint density at radius 3 is 2.75 bits per heavy atom. The molecule has 2 aromatic rings. The topological polar surface area (TPSA) is 81.5 Å². The number of nitro benzene ring substituents is 1. The second-order valence-electron chi connectivity index (χ2n) is 4.86. The van der Waals surface area contributed by atoms with E-state index in [1.807, 2.05) is 18.2 Å². The zero-order valence-electron chi connectivity index (χ0n) is 12.7. The third-order valence-corrected chi connectivity index (χ3v) is 3.79. The number of ether oxygens (including phenoxy) is 1. The number of nitrogens with one attached hydrogen (secondary N) is 1. The van der Waals surface area contributed by atoms with Gasteiger partial charge in [0.05, 0.1) is 10.6 Å². The molecular weight excluding hydrogens is 376 g/mol. The number of nitro groups is 1. The second-order valence-corrected chi connectivity index (χ2v) is 5.71. The number of carbonyl (C=O) groups excluding carboxylic acids is 1. The fourth-order valence-corrected chi connectivity index (χ4v) is 2.48. The number of anilines is 1. The molecule has 24 heavy (non-hydrogen) atoms. The van der Waals surface area contributed by atoms with Gasteiger partial charge in [0.15, 0.2) is 6.61 Å². The number of non-ortho nitro benzene ring substituents is 1. The van der Waals surface area contributed by atoms with Crippen LogP contribution in [0.2, 0.25) is 0 Å². The zero-order chi connectivity index (χ0) is 17.5. The van der Waals surface area contributed by atoms with Crippen molar-refractivity contribution in [2.45, 2.75) is 6.42 Å². The van der Waals surface area contributed by atoms with Gasteiger partial charge in [0.1, 0.15) is 5.75 Å². The molecule has 0 saturated carbocycles. The summed E-state index contributed by atoms with van der Waals surface area (Å²) < 4.78 is 5.97. The SMILES string of the molecule is C=CCc1ccccc1OCC(=O)Nc1ccc([N+](=O)[O-])cc1Br. The fourth-order valence-electron chi connectivity index (χ4n) is 2.02. The third kappa shape index (κ3) is 4.66. The first-order chi connectivity index (χ1) is 11.5. The van der Waals surface area contributed by atoms with Crippen molar-refractivity contribution >= 4 is 33.2 Å². The van der Waals surface area contributed by atoms with Crippen LogP contribution >= 0.6 is 15.9 Å². The summed E-state index contributed by atoms with van der Waals surface area (Å²) in [5.74, 6) is 0.258. The molecule has 0 aliphatic carbocycles. The lowest BCUT2D eigenvalue weighted by Gasteiger charge is -2.11. The Morgan fingerprint density at radius 2 is 2.08 bits per heavy atom. The van der Waals surface area contributed by atoms with Gasteiger partial charge in [0, 0.05) is 16.6 Å². The first-order valence-corrected chi connectivity index (χ1v) is 7.86. The van der Waals surface area contributed by atoms with E-state index < -0.39 is 4.92 Å². The van der Waals surface area contributed by atoms with E-state index in [-0.39, 0.29) is 18.2 Å². The molecule has 0 saturated heterocycles. The van der Waals surface area contributed by atoms with Gasteiger partial charge in [0.25, 0.3) is 11.6 Å². The van der Waals surface area contributed by atoms with Crippen LogP contribution in [0.1, 0.15) is 5.56 Å². The van der Waals surface area contributed by atoms with E-state index in [0.717, 1.165) is 5.56 Å². The average Bonchev–Trinajstić information content (AvgIpc) is 2.56. The summed E-state index contributed by atoms with van der Waals surface area (Å²) in [6, 6.07) is 11.5. The van der Waals surface area contributed by atoms with Gasteiger partial charge in [-0.3, -0.25) is 14.9 Å².